The van der Waals surface area contributed by atoms with Crippen LogP contribution >= 0.6 is 0 Å². The van der Waals surface area contributed by atoms with Crippen molar-refractivity contribution in [1.29, 1.82) is 0 Å². The molecule has 2 aromatic carbocycles. The first kappa shape index (κ1) is 15.2. The van der Waals surface area contributed by atoms with Crippen LogP contribution in [0.4, 0.5) is 5.69 Å². The zero-order chi connectivity index (χ0) is 16.7. The van der Waals surface area contributed by atoms with Crippen LogP contribution in [0.2, 0.25) is 0 Å². The number of fused-ring (bicyclic) bond motifs is 1. The highest BCUT2D eigenvalue weighted by molar-refractivity contribution is 7.91. The van der Waals surface area contributed by atoms with Crippen LogP contribution in [-0.2, 0) is 14.6 Å². The largest absolute Gasteiger partial charge is 0.455 e. The molecule has 124 valence electrons. The number of nitrogens with zero attached hydrogens (tertiary/aromatic N) is 1. The molecule has 5 nitrogen and oxygen atoms in total. The van der Waals surface area contributed by atoms with Crippen molar-refractivity contribution in [3.8, 4) is 11.5 Å². The van der Waals surface area contributed by atoms with Crippen LogP contribution in [0.25, 0.3) is 0 Å². The fraction of sp³-hybridized carbons (Fsp3) is 0.278. The smallest absolute Gasteiger partial charge is 0.227 e. The summed E-state index contributed by atoms with van der Waals surface area (Å²) in [5.41, 5.74) is 0.635. The van der Waals surface area contributed by atoms with Gasteiger partial charge in [0.1, 0.15) is 5.75 Å². The van der Waals surface area contributed by atoms with Crippen LogP contribution in [0.3, 0.4) is 0 Å². The van der Waals surface area contributed by atoms with Gasteiger partial charge < -0.3 is 9.64 Å². The predicted molar refractivity (Wildman–Crippen MR) is 91.0 cm³/mol. The Balaban J connectivity index is 1.70. The van der Waals surface area contributed by atoms with Crippen molar-refractivity contribution in [1.82, 2.24) is 0 Å². The first-order valence-electron chi connectivity index (χ1n) is 7.88. The molecular formula is C18H17NO4S. The monoisotopic (exact) mass is 343 g/mol. The van der Waals surface area contributed by atoms with Crippen molar-refractivity contribution in [3.05, 3.63) is 54.6 Å². The molecule has 6 heteroatoms. The van der Waals surface area contributed by atoms with E-state index >= 15 is 0 Å². The quantitative estimate of drug-likeness (QED) is 0.859. The van der Waals surface area contributed by atoms with Crippen LogP contribution < -0.4 is 9.64 Å². The van der Waals surface area contributed by atoms with E-state index in [-0.39, 0.29) is 35.8 Å². The third-order valence-electron chi connectivity index (χ3n) is 4.57. The predicted octanol–water partition coefficient (Wildman–Crippen LogP) is 2.63. The summed E-state index contributed by atoms with van der Waals surface area (Å²) in [6.45, 7) is 0. The molecule has 0 unspecified atom stereocenters. The molecule has 24 heavy (non-hydrogen) atoms. The van der Waals surface area contributed by atoms with Gasteiger partial charge in [0.25, 0.3) is 0 Å². The molecule has 0 saturated carbocycles. The molecule has 2 aromatic rings. The van der Waals surface area contributed by atoms with Gasteiger partial charge in [-0.05, 0) is 24.3 Å². The third-order valence-corrected chi connectivity index (χ3v) is 6.36. The van der Waals surface area contributed by atoms with Crippen molar-refractivity contribution in [2.24, 2.45) is 5.92 Å². The topological polar surface area (TPSA) is 63.7 Å². The van der Waals surface area contributed by atoms with Gasteiger partial charge >= 0.3 is 0 Å². The molecule has 0 bridgehead atoms. The molecule has 2 saturated heterocycles. The van der Waals surface area contributed by atoms with Crippen molar-refractivity contribution < 1.29 is 17.9 Å². The molecule has 2 fully saturated rings. The molecule has 0 aromatic heterocycles. The van der Waals surface area contributed by atoms with Crippen LogP contribution in [0.15, 0.2) is 54.6 Å². The minimum Gasteiger partial charge on any atom is -0.455 e. The number of carbonyl (C=O) groups is 1. The lowest BCUT2D eigenvalue weighted by molar-refractivity contribution is -0.117. The van der Waals surface area contributed by atoms with Gasteiger partial charge in [0, 0.05) is 12.3 Å². The summed E-state index contributed by atoms with van der Waals surface area (Å²) >= 11 is 0. The Labute approximate surface area is 140 Å². The zero-order valence-corrected chi connectivity index (χ0v) is 13.8. The molecule has 0 spiro atoms. The first-order chi connectivity index (χ1) is 11.5. The average Bonchev–Trinajstić information content (AvgIpc) is 2.99. The minimum atomic E-state index is -3.08. The molecule has 4 rings (SSSR count). The van der Waals surface area contributed by atoms with Gasteiger partial charge in [0.15, 0.2) is 15.6 Å². The average molecular weight is 343 g/mol. The highest BCUT2D eigenvalue weighted by Gasteiger charge is 2.49. The van der Waals surface area contributed by atoms with E-state index in [0.29, 0.717) is 17.2 Å². The summed E-state index contributed by atoms with van der Waals surface area (Å²) < 4.78 is 29.8. The summed E-state index contributed by atoms with van der Waals surface area (Å²) in [6, 6.07) is 16.3. The fourth-order valence-electron chi connectivity index (χ4n) is 3.56. The molecule has 2 aliphatic heterocycles. The zero-order valence-electron chi connectivity index (χ0n) is 13.0. The van der Waals surface area contributed by atoms with Crippen LogP contribution in [0.5, 0.6) is 11.5 Å². The molecule has 0 radical (unpaired) electrons. The molecule has 2 aliphatic rings. The number of benzene rings is 2. The number of hydrogen-bond donors (Lipinski definition) is 0. The minimum absolute atomic E-state index is 0.0308. The van der Waals surface area contributed by atoms with Gasteiger partial charge in [0.05, 0.1) is 23.2 Å². The van der Waals surface area contributed by atoms with E-state index in [1.807, 2.05) is 48.5 Å². The van der Waals surface area contributed by atoms with Crippen LogP contribution in [0, 0.1) is 5.92 Å². The summed E-state index contributed by atoms with van der Waals surface area (Å²) in [5, 5.41) is 0. The molecule has 0 N–H and O–H groups in total. The van der Waals surface area contributed by atoms with Crippen molar-refractivity contribution in [2.45, 2.75) is 12.5 Å². The van der Waals surface area contributed by atoms with Gasteiger partial charge in [0.2, 0.25) is 5.91 Å². The van der Waals surface area contributed by atoms with E-state index in [0.717, 1.165) is 0 Å². The second kappa shape index (κ2) is 5.63. The number of anilines is 1. The number of rotatable bonds is 3. The maximum atomic E-state index is 12.5. The van der Waals surface area contributed by atoms with Gasteiger partial charge in [-0.1, -0.05) is 30.3 Å². The highest BCUT2D eigenvalue weighted by Crippen LogP contribution is 2.41. The van der Waals surface area contributed by atoms with Crippen molar-refractivity contribution >= 4 is 21.4 Å². The van der Waals surface area contributed by atoms with Gasteiger partial charge in [-0.15, -0.1) is 0 Å². The third kappa shape index (κ3) is 2.67. The number of amides is 1. The normalized spacial score (nSPS) is 24.8. The number of para-hydroxylation sites is 3. The van der Waals surface area contributed by atoms with Crippen molar-refractivity contribution in [2.75, 3.05) is 16.4 Å². The number of sulfone groups is 1. The molecular weight excluding hydrogens is 326 g/mol. The van der Waals surface area contributed by atoms with E-state index in [1.54, 1.807) is 11.0 Å². The van der Waals surface area contributed by atoms with E-state index in [4.69, 9.17) is 4.74 Å². The van der Waals surface area contributed by atoms with Gasteiger partial charge in [-0.3, -0.25) is 4.79 Å². The Morgan fingerprint density at radius 1 is 0.958 bits per heavy atom. The molecule has 2 atom stereocenters. The highest BCUT2D eigenvalue weighted by atomic mass is 32.2. The van der Waals surface area contributed by atoms with E-state index in [9.17, 15) is 13.2 Å². The maximum Gasteiger partial charge on any atom is 0.227 e. The summed E-state index contributed by atoms with van der Waals surface area (Å²) in [7, 11) is -3.08. The lowest BCUT2D eigenvalue weighted by Gasteiger charge is -2.25. The second-order valence-electron chi connectivity index (χ2n) is 6.26. The fourth-order valence-corrected chi connectivity index (χ4v) is 5.63. The van der Waals surface area contributed by atoms with Gasteiger partial charge in [-0.2, -0.15) is 0 Å². The Morgan fingerprint density at radius 2 is 1.67 bits per heavy atom. The lowest BCUT2D eigenvalue weighted by Crippen LogP contribution is -2.36. The van der Waals surface area contributed by atoms with Crippen LogP contribution in [-0.4, -0.2) is 31.9 Å². The van der Waals surface area contributed by atoms with E-state index in [1.165, 1.54) is 0 Å². The molecule has 0 aliphatic carbocycles. The van der Waals surface area contributed by atoms with Gasteiger partial charge in [-0.25, -0.2) is 8.42 Å². The number of hydrogen-bond acceptors (Lipinski definition) is 4. The summed E-state index contributed by atoms with van der Waals surface area (Å²) in [6.07, 6.45) is 0.281. The molecule has 1 amide bonds. The summed E-state index contributed by atoms with van der Waals surface area (Å²) in [4.78, 5) is 14.1. The summed E-state index contributed by atoms with van der Waals surface area (Å²) in [5.74, 6) is 1.20. The van der Waals surface area contributed by atoms with E-state index in [2.05, 4.69) is 0 Å². The van der Waals surface area contributed by atoms with Crippen LogP contribution in [0.1, 0.15) is 6.42 Å². The Hall–Kier alpha value is -2.34. The Morgan fingerprint density at radius 3 is 2.46 bits per heavy atom. The Bertz CT molecular complexity index is 879. The number of carbonyl (C=O) groups excluding carboxylic acids is 1. The van der Waals surface area contributed by atoms with Crippen molar-refractivity contribution in [3.63, 3.8) is 0 Å². The first-order valence-corrected chi connectivity index (χ1v) is 9.70. The SMILES string of the molecule is O=C1C[C@H]2CS(=O)(=O)C[C@H]2N1c1ccccc1Oc1ccccc1. The second-order valence-corrected chi connectivity index (χ2v) is 8.41. The molecule has 2 heterocycles. The van der Waals surface area contributed by atoms with E-state index < -0.39 is 9.84 Å². The number of ether oxygens (including phenoxy) is 1. The Kier molecular flexibility index (Phi) is 3.57. The maximum absolute atomic E-state index is 12.5. The standard InChI is InChI=1S/C18H17NO4S/c20-18-10-13-11-24(21,22)12-16(13)19(18)15-8-4-5-9-17(15)23-14-6-2-1-3-7-14/h1-9,13,16H,10-12H2/t13-,16+/m0/s1. The lowest BCUT2D eigenvalue weighted by atomic mass is 10.0.